The molecular formula is C10H20N4OS. The lowest BCUT2D eigenvalue weighted by Gasteiger charge is -2.10. The second kappa shape index (κ2) is 6.10. The van der Waals surface area contributed by atoms with E-state index in [1.165, 1.54) is 6.33 Å². The van der Waals surface area contributed by atoms with Gasteiger partial charge in [0.2, 0.25) is 0 Å². The SMILES string of the molecule is CC(C)Cn1ncnc1CS(=O)C(C)CN. The molecule has 0 spiro atoms. The topological polar surface area (TPSA) is 73.8 Å². The lowest BCUT2D eigenvalue weighted by Crippen LogP contribution is -2.24. The molecule has 0 bridgehead atoms. The minimum Gasteiger partial charge on any atom is -0.329 e. The zero-order valence-electron chi connectivity index (χ0n) is 10.1. The fraction of sp³-hybridized carbons (Fsp3) is 0.800. The third kappa shape index (κ3) is 3.68. The van der Waals surface area contributed by atoms with Gasteiger partial charge in [0.15, 0.2) is 0 Å². The fourth-order valence-electron chi connectivity index (χ4n) is 1.28. The molecule has 1 aromatic rings. The monoisotopic (exact) mass is 244 g/mol. The summed E-state index contributed by atoms with van der Waals surface area (Å²) in [4.78, 5) is 4.14. The van der Waals surface area contributed by atoms with E-state index in [9.17, 15) is 4.21 Å². The third-order valence-electron chi connectivity index (χ3n) is 2.29. The quantitative estimate of drug-likeness (QED) is 0.792. The number of hydrogen-bond acceptors (Lipinski definition) is 4. The summed E-state index contributed by atoms with van der Waals surface area (Å²) < 4.78 is 13.7. The van der Waals surface area contributed by atoms with Crippen LogP contribution in [0.3, 0.4) is 0 Å². The molecule has 0 saturated carbocycles. The zero-order valence-corrected chi connectivity index (χ0v) is 10.9. The van der Waals surface area contributed by atoms with Crippen LogP contribution >= 0.6 is 0 Å². The molecular weight excluding hydrogens is 224 g/mol. The van der Waals surface area contributed by atoms with Crippen LogP contribution in [0.25, 0.3) is 0 Å². The Kier molecular flexibility index (Phi) is 5.08. The Morgan fingerprint density at radius 1 is 1.50 bits per heavy atom. The lowest BCUT2D eigenvalue weighted by molar-refractivity contribution is 0.471. The molecule has 0 fully saturated rings. The molecule has 0 aromatic carbocycles. The van der Waals surface area contributed by atoms with E-state index < -0.39 is 10.8 Å². The smallest absolute Gasteiger partial charge is 0.139 e. The normalized spacial score (nSPS) is 15.3. The van der Waals surface area contributed by atoms with E-state index in [4.69, 9.17) is 5.73 Å². The summed E-state index contributed by atoms with van der Waals surface area (Å²) in [6.45, 7) is 7.36. The predicted molar refractivity (Wildman–Crippen MR) is 65.2 cm³/mol. The van der Waals surface area contributed by atoms with Crippen molar-refractivity contribution in [3.05, 3.63) is 12.2 Å². The van der Waals surface area contributed by atoms with Crippen LogP contribution in [-0.2, 0) is 23.1 Å². The number of rotatable bonds is 6. The summed E-state index contributed by atoms with van der Waals surface area (Å²) >= 11 is 0. The van der Waals surface area contributed by atoms with Gasteiger partial charge in [-0.15, -0.1) is 0 Å². The summed E-state index contributed by atoms with van der Waals surface area (Å²) in [5, 5.41) is 4.14. The molecule has 1 aromatic heterocycles. The minimum absolute atomic E-state index is 0.00389. The van der Waals surface area contributed by atoms with E-state index in [0.717, 1.165) is 12.4 Å². The van der Waals surface area contributed by atoms with Crippen molar-refractivity contribution in [2.45, 2.75) is 38.3 Å². The Balaban J connectivity index is 2.66. The first-order chi connectivity index (χ1) is 7.54. The van der Waals surface area contributed by atoms with Crippen LogP contribution in [0, 0.1) is 5.92 Å². The van der Waals surface area contributed by atoms with Crippen molar-refractivity contribution in [3.63, 3.8) is 0 Å². The maximum absolute atomic E-state index is 11.8. The van der Waals surface area contributed by atoms with Gasteiger partial charge in [0, 0.05) is 29.1 Å². The summed E-state index contributed by atoms with van der Waals surface area (Å²) in [7, 11) is -0.968. The molecule has 2 N–H and O–H groups in total. The summed E-state index contributed by atoms with van der Waals surface area (Å²) in [6.07, 6.45) is 1.52. The predicted octanol–water partition coefficient (Wildman–Crippen LogP) is 0.530. The molecule has 0 aliphatic rings. The van der Waals surface area contributed by atoms with Gasteiger partial charge in [-0.3, -0.25) is 4.21 Å². The number of aromatic nitrogens is 3. The Hall–Kier alpha value is -0.750. The largest absolute Gasteiger partial charge is 0.329 e. The molecule has 92 valence electrons. The second-order valence-corrected chi connectivity index (χ2v) is 6.18. The summed E-state index contributed by atoms with van der Waals surface area (Å²) in [5.74, 6) is 1.72. The van der Waals surface area contributed by atoms with Crippen LogP contribution in [0.15, 0.2) is 6.33 Å². The van der Waals surface area contributed by atoms with Crippen molar-refractivity contribution in [2.24, 2.45) is 11.7 Å². The number of nitrogens with two attached hydrogens (primary N) is 1. The van der Waals surface area contributed by atoms with Crippen molar-refractivity contribution in [1.82, 2.24) is 14.8 Å². The fourth-order valence-corrected chi connectivity index (χ4v) is 2.25. The van der Waals surface area contributed by atoms with Crippen LogP contribution in [0.4, 0.5) is 0 Å². The van der Waals surface area contributed by atoms with Gasteiger partial charge >= 0.3 is 0 Å². The molecule has 6 heteroatoms. The lowest BCUT2D eigenvalue weighted by atomic mass is 10.2. The van der Waals surface area contributed by atoms with E-state index >= 15 is 0 Å². The van der Waals surface area contributed by atoms with Crippen LogP contribution in [0.2, 0.25) is 0 Å². The first-order valence-corrected chi connectivity index (χ1v) is 6.86. The zero-order chi connectivity index (χ0) is 12.1. The van der Waals surface area contributed by atoms with Gasteiger partial charge in [0.25, 0.3) is 0 Å². The first-order valence-electron chi connectivity index (χ1n) is 5.48. The van der Waals surface area contributed by atoms with Gasteiger partial charge in [-0.05, 0) is 12.8 Å². The molecule has 0 saturated heterocycles. The molecule has 1 rings (SSSR count). The van der Waals surface area contributed by atoms with Gasteiger partial charge in [0.05, 0.1) is 5.75 Å². The number of hydrogen-bond donors (Lipinski definition) is 1. The highest BCUT2D eigenvalue weighted by Gasteiger charge is 2.14. The van der Waals surface area contributed by atoms with Crippen LogP contribution in [-0.4, -0.2) is 30.8 Å². The van der Waals surface area contributed by atoms with Crippen molar-refractivity contribution < 1.29 is 4.21 Å². The first kappa shape index (κ1) is 13.3. The van der Waals surface area contributed by atoms with E-state index in [1.54, 1.807) is 0 Å². The Labute approximate surface area is 98.9 Å². The molecule has 5 nitrogen and oxygen atoms in total. The molecule has 2 unspecified atom stereocenters. The van der Waals surface area contributed by atoms with Crippen LogP contribution < -0.4 is 5.73 Å². The molecule has 0 aliphatic carbocycles. The molecule has 16 heavy (non-hydrogen) atoms. The Bertz CT molecular complexity index is 350. The standard InChI is InChI=1S/C10H20N4OS/c1-8(2)5-14-10(12-7-13-14)6-16(15)9(3)4-11/h7-9H,4-6,11H2,1-3H3. The maximum atomic E-state index is 11.8. The third-order valence-corrected chi connectivity index (χ3v) is 3.92. The maximum Gasteiger partial charge on any atom is 0.139 e. The van der Waals surface area contributed by atoms with Gasteiger partial charge in [-0.25, -0.2) is 9.67 Å². The van der Waals surface area contributed by atoms with Gasteiger partial charge in [-0.2, -0.15) is 5.10 Å². The van der Waals surface area contributed by atoms with E-state index in [1.807, 2.05) is 11.6 Å². The highest BCUT2D eigenvalue weighted by atomic mass is 32.2. The van der Waals surface area contributed by atoms with Crippen molar-refractivity contribution in [2.75, 3.05) is 6.54 Å². The van der Waals surface area contributed by atoms with E-state index in [0.29, 0.717) is 18.2 Å². The van der Waals surface area contributed by atoms with E-state index in [2.05, 4.69) is 23.9 Å². The van der Waals surface area contributed by atoms with Gasteiger partial charge < -0.3 is 5.73 Å². The average Bonchev–Trinajstić information content (AvgIpc) is 2.63. The van der Waals surface area contributed by atoms with Crippen molar-refractivity contribution in [3.8, 4) is 0 Å². The highest BCUT2D eigenvalue weighted by Crippen LogP contribution is 2.06. The van der Waals surface area contributed by atoms with E-state index in [-0.39, 0.29) is 5.25 Å². The van der Waals surface area contributed by atoms with Crippen molar-refractivity contribution >= 4 is 10.8 Å². The van der Waals surface area contributed by atoms with Crippen LogP contribution in [0.5, 0.6) is 0 Å². The summed E-state index contributed by atoms with van der Waals surface area (Å²) in [6, 6.07) is 0. The molecule has 0 amide bonds. The molecule has 0 aliphatic heterocycles. The average molecular weight is 244 g/mol. The van der Waals surface area contributed by atoms with Gasteiger partial charge in [-0.1, -0.05) is 13.8 Å². The Morgan fingerprint density at radius 3 is 2.75 bits per heavy atom. The van der Waals surface area contributed by atoms with Crippen LogP contribution in [0.1, 0.15) is 26.6 Å². The molecule has 0 radical (unpaired) electrons. The second-order valence-electron chi connectivity index (χ2n) is 4.32. The summed E-state index contributed by atoms with van der Waals surface area (Å²) in [5.41, 5.74) is 5.48. The minimum atomic E-state index is -0.968. The molecule has 2 atom stereocenters. The molecule has 1 heterocycles. The van der Waals surface area contributed by atoms with Crippen molar-refractivity contribution in [1.29, 1.82) is 0 Å². The number of nitrogens with zero attached hydrogens (tertiary/aromatic N) is 3. The van der Waals surface area contributed by atoms with Gasteiger partial charge in [0.1, 0.15) is 12.2 Å². The Morgan fingerprint density at radius 2 is 2.19 bits per heavy atom. The highest BCUT2D eigenvalue weighted by molar-refractivity contribution is 7.84.